The fourth-order valence-electron chi connectivity index (χ4n) is 1.53. The first-order valence-electron chi connectivity index (χ1n) is 4.52. The van der Waals surface area contributed by atoms with Crippen LogP contribution < -0.4 is 10.6 Å². The fourth-order valence-corrected chi connectivity index (χ4v) is 2.54. The largest absolute Gasteiger partial charge is 0.294 e. The van der Waals surface area contributed by atoms with E-state index < -0.39 is 0 Å². The number of thiazole rings is 1. The summed E-state index contributed by atoms with van der Waals surface area (Å²) >= 11 is 7.22. The minimum atomic E-state index is -0.0733. The Bertz CT molecular complexity index is 373. The van der Waals surface area contributed by atoms with Crippen LogP contribution in [0.5, 0.6) is 0 Å². The summed E-state index contributed by atoms with van der Waals surface area (Å²) in [6, 6.07) is 0. The molecule has 0 saturated carbocycles. The summed E-state index contributed by atoms with van der Waals surface area (Å²) in [5, 5.41) is 14.4. The van der Waals surface area contributed by atoms with Crippen molar-refractivity contribution in [3.63, 3.8) is 0 Å². The van der Waals surface area contributed by atoms with Gasteiger partial charge in [0.05, 0.1) is 0 Å². The second-order valence-corrected chi connectivity index (χ2v) is 4.86. The molecule has 80 valence electrons. The van der Waals surface area contributed by atoms with E-state index in [1.165, 1.54) is 11.3 Å². The molecule has 1 atom stereocenters. The smallest absolute Gasteiger partial charge is 0.183 e. The Morgan fingerprint density at radius 2 is 2.73 bits per heavy atom. The average Bonchev–Trinajstić information content (AvgIpc) is 2.78. The van der Waals surface area contributed by atoms with Gasteiger partial charge in [-0.2, -0.15) is 5.26 Å². The number of nitrogens with one attached hydrogen (secondary N) is 2. The van der Waals surface area contributed by atoms with Crippen molar-refractivity contribution in [3.8, 4) is 6.19 Å². The van der Waals surface area contributed by atoms with Gasteiger partial charge in [-0.25, -0.2) is 4.98 Å². The molecule has 5 nitrogen and oxygen atoms in total. The van der Waals surface area contributed by atoms with Gasteiger partial charge in [0.2, 0.25) is 0 Å². The average molecular weight is 244 g/mol. The Morgan fingerprint density at radius 3 is 3.40 bits per heavy atom. The Hall–Kier alpha value is -0.870. The van der Waals surface area contributed by atoms with Crippen LogP contribution in [0.3, 0.4) is 0 Å². The minimum absolute atomic E-state index is 0.0733. The number of rotatable bonds is 3. The number of nitrogens with zero attached hydrogens (tertiary/aromatic N) is 3. The number of aromatic nitrogens is 1. The van der Waals surface area contributed by atoms with E-state index in [-0.39, 0.29) is 6.29 Å². The molecule has 15 heavy (non-hydrogen) atoms. The van der Waals surface area contributed by atoms with Crippen LogP contribution >= 0.6 is 22.9 Å². The van der Waals surface area contributed by atoms with E-state index in [2.05, 4.69) is 20.5 Å². The SMILES string of the molecule is N#CNC1NCCN1Cc1cnc(Cl)s1. The Balaban J connectivity index is 1.96. The summed E-state index contributed by atoms with van der Waals surface area (Å²) < 4.78 is 0.557. The predicted molar refractivity (Wildman–Crippen MR) is 58.1 cm³/mol. The molecule has 0 aromatic carbocycles. The molecule has 1 unspecified atom stereocenters. The normalized spacial score (nSPS) is 21.5. The Morgan fingerprint density at radius 1 is 1.87 bits per heavy atom. The third-order valence-corrected chi connectivity index (χ3v) is 3.29. The highest BCUT2D eigenvalue weighted by molar-refractivity contribution is 7.15. The first-order valence-corrected chi connectivity index (χ1v) is 5.71. The molecule has 0 amide bonds. The van der Waals surface area contributed by atoms with Crippen molar-refractivity contribution in [1.29, 1.82) is 5.26 Å². The zero-order valence-electron chi connectivity index (χ0n) is 7.90. The predicted octanol–water partition coefficient (Wildman–Crippen LogP) is 0.556. The first kappa shape index (κ1) is 10.6. The second-order valence-electron chi connectivity index (χ2n) is 3.16. The van der Waals surface area contributed by atoms with Crippen molar-refractivity contribution in [2.75, 3.05) is 13.1 Å². The van der Waals surface area contributed by atoms with Crippen molar-refractivity contribution in [2.45, 2.75) is 12.8 Å². The molecule has 1 aliphatic heterocycles. The van der Waals surface area contributed by atoms with Gasteiger partial charge < -0.3 is 0 Å². The van der Waals surface area contributed by atoms with Crippen molar-refractivity contribution >= 4 is 22.9 Å². The summed E-state index contributed by atoms with van der Waals surface area (Å²) in [6.45, 7) is 2.55. The molecule has 0 bridgehead atoms. The number of hydrogen-bond donors (Lipinski definition) is 2. The maximum Gasteiger partial charge on any atom is 0.183 e. The lowest BCUT2D eigenvalue weighted by atomic mass is 10.4. The Labute approximate surface area is 96.7 Å². The standard InChI is InChI=1S/C8H10ClN5S/c9-7-12-3-6(15-7)4-14-2-1-11-8(14)13-5-10/h3,8,11,13H,1-2,4H2. The summed E-state index contributed by atoms with van der Waals surface area (Å²) in [6.07, 6.45) is 3.64. The lowest BCUT2D eigenvalue weighted by Gasteiger charge is -2.21. The quantitative estimate of drug-likeness (QED) is 0.600. The van der Waals surface area contributed by atoms with Crippen molar-refractivity contribution in [1.82, 2.24) is 20.5 Å². The van der Waals surface area contributed by atoms with E-state index in [0.717, 1.165) is 24.5 Å². The first-order chi connectivity index (χ1) is 7.29. The van der Waals surface area contributed by atoms with Crippen LogP contribution in [0, 0.1) is 11.5 Å². The van der Waals surface area contributed by atoms with Gasteiger partial charge >= 0.3 is 0 Å². The van der Waals surface area contributed by atoms with Gasteiger partial charge in [0, 0.05) is 30.7 Å². The molecule has 0 radical (unpaired) electrons. The number of hydrogen-bond acceptors (Lipinski definition) is 6. The molecule has 0 aliphatic carbocycles. The highest BCUT2D eigenvalue weighted by Gasteiger charge is 2.23. The zero-order chi connectivity index (χ0) is 10.7. The molecule has 1 fully saturated rings. The van der Waals surface area contributed by atoms with Crippen LogP contribution in [-0.2, 0) is 6.54 Å². The number of halogens is 1. The van der Waals surface area contributed by atoms with Gasteiger partial charge in [-0.3, -0.25) is 15.5 Å². The van der Waals surface area contributed by atoms with E-state index in [1.807, 2.05) is 6.19 Å². The van der Waals surface area contributed by atoms with E-state index in [1.54, 1.807) is 6.20 Å². The lowest BCUT2D eigenvalue weighted by molar-refractivity contribution is 0.217. The van der Waals surface area contributed by atoms with Gasteiger partial charge in [-0.1, -0.05) is 11.6 Å². The van der Waals surface area contributed by atoms with Gasteiger partial charge in [-0.05, 0) is 0 Å². The molecule has 1 aromatic rings. The molecule has 2 N–H and O–H groups in total. The van der Waals surface area contributed by atoms with E-state index >= 15 is 0 Å². The highest BCUT2D eigenvalue weighted by Crippen LogP contribution is 2.20. The molecule has 2 rings (SSSR count). The minimum Gasteiger partial charge on any atom is -0.294 e. The summed E-state index contributed by atoms with van der Waals surface area (Å²) in [4.78, 5) is 7.22. The molecular formula is C8H10ClN5S. The number of nitriles is 1. The molecule has 1 aliphatic rings. The van der Waals surface area contributed by atoms with Gasteiger partial charge in [0.1, 0.15) is 6.29 Å². The van der Waals surface area contributed by atoms with E-state index in [0.29, 0.717) is 4.47 Å². The maximum atomic E-state index is 8.56. The van der Waals surface area contributed by atoms with E-state index in [4.69, 9.17) is 16.9 Å². The third kappa shape index (κ3) is 2.58. The van der Waals surface area contributed by atoms with Crippen molar-refractivity contribution < 1.29 is 0 Å². The van der Waals surface area contributed by atoms with Gasteiger partial charge in [0.15, 0.2) is 10.7 Å². The summed E-state index contributed by atoms with van der Waals surface area (Å²) in [7, 11) is 0. The maximum absolute atomic E-state index is 8.56. The Kier molecular flexibility index (Phi) is 3.38. The monoisotopic (exact) mass is 243 g/mol. The van der Waals surface area contributed by atoms with Crippen LogP contribution in [-0.4, -0.2) is 29.3 Å². The van der Waals surface area contributed by atoms with Crippen molar-refractivity contribution in [3.05, 3.63) is 15.5 Å². The highest BCUT2D eigenvalue weighted by atomic mass is 35.5. The van der Waals surface area contributed by atoms with Gasteiger partial charge in [0.25, 0.3) is 0 Å². The molecule has 2 heterocycles. The summed E-state index contributed by atoms with van der Waals surface area (Å²) in [5.74, 6) is 0. The van der Waals surface area contributed by atoms with Crippen molar-refractivity contribution in [2.24, 2.45) is 0 Å². The topological polar surface area (TPSA) is 64.0 Å². The molecule has 1 saturated heterocycles. The third-order valence-electron chi connectivity index (χ3n) is 2.19. The summed E-state index contributed by atoms with van der Waals surface area (Å²) in [5.41, 5.74) is 0. The molecule has 1 aromatic heterocycles. The van der Waals surface area contributed by atoms with Gasteiger partial charge in [-0.15, -0.1) is 11.3 Å². The van der Waals surface area contributed by atoms with Crippen LogP contribution in [0.1, 0.15) is 4.88 Å². The second kappa shape index (κ2) is 4.77. The van der Waals surface area contributed by atoms with Crippen LogP contribution in [0.4, 0.5) is 0 Å². The molecule has 0 spiro atoms. The molecule has 7 heteroatoms. The van der Waals surface area contributed by atoms with Crippen LogP contribution in [0.2, 0.25) is 4.47 Å². The molecular weight excluding hydrogens is 234 g/mol. The van der Waals surface area contributed by atoms with Crippen LogP contribution in [0.25, 0.3) is 0 Å². The lowest BCUT2D eigenvalue weighted by Crippen LogP contribution is -2.44. The zero-order valence-corrected chi connectivity index (χ0v) is 9.48. The fraction of sp³-hybridized carbons (Fsp3) is 0.500. The van der Waals surface area contributed by atoms with E-state index in [9.17, 15) is 0 Å². The van der Waals surface area contributed by atoms with Crippen LogP contribution in [0.15, 0.2) is 6.20 Å².